The summed E-state index contributed by atoms with van der Waals surface area (Å²) in [5.41, 5.74) is 2.59. The predicted molar refractivity (Wildman–Crippen MR) is 114 cm³/mol. The van der Waals surface area contributed by atoms with Gasteiger partial charge in [0.05, 0.1) is 5.75 Å². The molecule has 5 nitrogen and oxygen atoms in total. The van der Waals surface area contributed by atoms with Crippen LogP contribution in [0.2, 0.25) is 0 Å². The van der Waals surface area contributed by atoms with E-state index >= 15 is 0 Å². The highest BCUT2D eigenvalue weighted by molar-refractivity contribution is 8.00. The number of carbonyl (C=O) groups is 2. The Morgan fingerprint density at radius 1 is 1.32 bits per heavy atom. The molecule has 0 fully saturated rings. The Labute approximate surface area is 172 Å². The van der Waals surface area contributed by atoms with Gasteiger partial charge in [0.1, 0.15) is 16.2 Å². The Balaban J connectivity index is 1.49. The van der Waals surface area contributed by atoms with Crippen LogP contribution in [-0.4, -0.2) is 27.4 Å². The van der Waals surface area contributed by atoms with Crippen molar-refractivity contribution in [2.45, 2.75) is 38.1 Å². The molecule has 28 heavy (non-hydrogen) atoms. The first kappa shape index (κ1) is 19.1. The minimum absolute atomic E-state index is 0.0228. The lowest BCUT2D eigenvalue weighted by molar-refractivity contribution is -0.113. The number of anilines is 1. The zero-order valence-corrected chi connectivity index (χ0v) is 17.5. The summed E-state index contributed by atoms with van der Waals surface area (Å²) in [5.74, 6) is 0.832. The number of carbonyl (C=O) groups excluding carboxylic acids is 2. The number of hydrogen-bond acceptors (Lipinski definition) is 6. The first-order chi connectivity index (χ1) is 13.5. The van der Waals surface area contributed by atoms with E-state index in [-0.39, 0.29) is 17.4 Å². The SMILES string of the molecule is CC(=O)c1cccc(NC(=O)CSc2ncnc3sc4c(c23)CC[C@H](C)C4)c1. The molecule has 1 aliphatic rings. The minimum atomic E-state index is -0.116. The molecule has 0 aliphatic heterocycles. The van der Waals surface area contributed by atoms with E-state index < -0.39 is 0 Å². The van der Waals surface area contributed by atoms with Crippen LogP contribution >= 0.6 is 23.1 Å². The fraction of sp³-hybridized carbons (Fsp3) is 0.333. The number of nitrogens with zero attached hydrogens (tertiary/aromatic N) is 2. The highest BCUT2D eigenvalue weighted by Crippen LogP contribution is 2.40. The van der Waals surface area contributed by atoms with Crippen molar-refractivity contribution in [3.8, 4) is 0 Å². The number of Topliss-reactive ketones (excluding diaryl/α,β-unsaturated/α-hetero) is 1. The normalized spacial score (nSPS) is 16.0. The largest absolute Gasteiger partial charge is 0.325 e. The van der Waals surface area contributed by atoms with Crippen LogP contribution in [0.3, 0.4) is 0 Å². The summed E-state index contributed by atoms with van der Waals surface area (Å²) in [6.45, 7) is 3.81. The molecule has 3 aromatic rings. The molecule has 2 aromatic heterocycles. The van der Waals surface area contributed by atoms with Gasteiger partial charge in [-0.05, 0) is 49.8 Å². The van der Waals surface area contributed by atoms with E-state index in [1.54, 1.807) is 41.9 Å². The van der Waals surface area contributed by atoms with Gasteiger partial charge < -0.3 is 5.32 Å². The summed E-state index contributed by atoms with van der Waals surface area (Å²) in [6, 6.07) is 7.00. The Hall–Kier alpha value is -2.25. The maximum Gasteiger partial charge on any atom is 0.234 e. The molecular weight excluding hydrogens is 390 g/mol. The third kappa shape index (κ3) is 3.95. The Morgan fingerprint density at radius 2 is 2.18 bits per heavy atom. The Bertz CT molecular complexity index is 1060. The van der Waals surface area contributed by atoms with Gasteiger partial charge in [-0.2, -0.15) is 0 Å². The van der Waals surface area contributed by atoms with Gasteiger partial charge in [-0.15, -0.1) is 11.3 Å². The van der Waals surface area contributed by atoms with Crippen molar-refractivity contribution in [2.24, 2.45) is 5.92 Å². The number of rotatable bonds is 5. The smallest absolute Gasteiger partial charge is 0.234 e. The van der Waals surface area contributed by atoms with Gasteiger partial charge in [-0.1, -0.05) is 30.8 Å². The van der Waals surface area contributed by atoms with Crippen LogP contribution in [0.25, 0.3) is 10.2 Å². The lowest BCUT2D eigenvalue weighted by atomic mass is 9.89. The first-order valence-electron chi connectivity index (χ1n) is 9.30. The van der Waals surface area contributed by atoms with E-state index in [2.05, 4.69) is 22.2 Å². The monoisotopic (exact) mass is 411 g/mol. The second-order valence-corrected chi connectivity index (χ2v) is 9.23. The summed E-state index contributed by atoms with van der Waals surface area (Å²) in [6.07, 6.45) is 4.93. The molecule has 1 N–H and O–H groups in total. The number of thiophene rings is 1. The van der Waals surface area contributed by atoms with Gasteiger partial charge in [0, 0.05) is 21.5 Å². The average Bonchev–Trinajstić information content (AvgIpc) is 3.04. The molecule has 1 aliphatic carbocycles. The standard InChI is InChI=1S/C21H21N3O2S2/c1-12-6-7-16-17(8-12)28-21-19(16)20(22-11-23-21)27-10-18(26)24-15-5-3-4-14(9-15)13(2)25/h3-5,9,11-12H,6-8,10H2,1-2H3,(H,24,26)/t12-/m0/s1. The molecular formula is C21H21N3O2S2. The topological polar surface area (TPSA) is 72.0 Å². The fourth-order valence-corrected chi connectivity index (χ4v) is 5.74. The number of amides is 1. The van der Waals surface area contributed by atoms with E-state index in [1.165, 1.54) is 35.5 Å². The van der Waals surface area contributed by atoms with E-state index in [4.69, 9.17) is 0 Å². The van der Waals surface area contributed by atoms with Crippen LogP contribution in [-0.2, 0) is 17.6 Å². The molecule has 1 aromatic carbocycles. The highest BCUT2D eigenvalue weighted by atomic mass is 32.2. The summed E-state index contributed by atoms with van der Waals surface area (Å²) in [7, 11) is 0. The molecule has 2 heterocycles. The molecule has 0 saturated carbocycles. The third-order valence-electron chi connectivity index (χ3n) is 4.95. The van der Waals surface area contributed by atoms with Crippen molar-refractivity contribution >= 4 is 50.7 Å². The molecule has 0 saturated heterocycles. The van der Waals surface area contributed by atoms with E-state index in [9.17, 15) is 9.59 Å². The van der Waals surface area contributed by atoms with Gasteiger partial charge in [0.2, 0.25) is 5.91 Å². The van der Waals surface area contributed by atoms with Gasteiger partial charge in [0.15, 0.2) is 5.78 Å². The van der Waals surface area contributed by atoms with Crippen molar-refractivity contribution in [2.75, 3.05) is 11.1 Å². The number of nitrogens with one attached hydrogen (secondary N) is 1. The van der Waals surface area contributed by atoms with Crippen molar-refractivity contribution in [3.05, 3.63) is 46.6 Å². The van der Waals surface area contributed by atoms with Crippen molar-refractivity contribution in [1.82, 2.24) is 9.97 Å². The van der Waals surface area contributed by atoms with Gasteiger partial charge >= 0.3 is 0 Å². The summed E-state index contributed by atoms with van der Waals surface area (Å²) >= 11 is 3.20. The van der Waals surface area contributed by atoms with E-state index in [0.717, 1.165) is 28.1 Å². The number of aromatic nitrogens is 2. The Morgan fingerprint density at radius 3 is 3.00 bits per heavy atom. The molecule has 7 heteroatoms. The lowest BCUT2D eigenvalue weighted by Gasteiger charge is -2.18. The maximum atomic E-state index is 12.4. The van der Waals surface area contributed by atoms with Gasteiger partial charge in [0.25, 0.3) is 0 Å². The summed E-state index contributed by atoms with van der Waals surface area (Å²) < 4.78 is 0. The number of benzene rings is 1. The molecule has 0 radical (unpaired) electrons. The highest BCUT2D eigenvalue weighted by Gasteiger charge is 2.23. The maximum absolute atomic E-state index is 12.4. The van der Waals surface area contributed by atoms with Crippen LogP contribution in [0, 0.1) is 5.92 Å². The Kier molecular flexibility index (Phi) is 5.46. The van der Waals surface area contributed by atoms with Crippen LogP contribution in [0.4, 0.5) is 5.69 Å². The van der Waals surface area contributed by atoms with Crippen LogP contribution in [0.5, 0.6) is 0 Å². The molecule has 144 valence electrons. The molecule has 1 amide bonds. The van der Waals surface area contributed by atoms with Gasteiger partial charge in [-0.3, -0.25) is 9.59 Å². The second-order valence-electron chi connectivity index (χ2n) is 7.18. The fourth-order valence-electron chi connectivity index (χ4n) is 3.50. The molecule has 0 spiro atoms. The molecule has 1 atom stereocenters. The summed E-state index contributed by atoms with van der Waals surface area (Å²) in [5, 5.41) is 4.87. The number of hydrogen-bond donors (Lipinski definition) is 1. The first-order valence-corrected chi connectivity index (χ1v) is 11.1. The second kappa shape index (κ2) is 8.01. The van der Waals surface area contributed by atoms with Crippen molar-refractivity contribution in [1.29, 1.82) is 0 Å². The number of ketones is 1. The quantitative estimate of drug-likeness (QED) is 0.373. The number of aryl methyl sites for hydroxylation is 1. The lowest BCUT2D eigenvalue weighted by Crippen LogP contribution is -2.14. The molecule has 0 bridgehead atoms. The van der Waals surface area contributed by atoms with Crippen molar-refractivity contribution in [3.63, 3.8) is 0 Å². The van der Waals surface area contributed by atoms with Crippen LogP contribution in [0.1, 0.15) is 41.1 Å². The van der Waals surface area contributed by atoms with E-state index in [0.29, 0.717) is 17.2 Å². The third-order valence-corrected chi connectivity index (χ3v) is 7.10. The van der Waals surface area contributed by atoms with Crippen molar-refractivity contribution < 1.29 is 9.59 Å². The summed E-state index contributed by atoms with van der Waals surface area (Å²) in [4.78, 5) is 35.3. The minimum Gasteiger partial charge on any atom is -0.325 e. The average molecular weight is 412 g/mol. The number of fused-ring (bicyclic) bond motifs is 3. The van der Waals surface area contributed by atoms with Gasteiger partial charge in [-0.25, -0.2) is 9.97 Å². The number of thioether (sulfide) groups is 1. The van der Waals surface area contributed by atoms with E-state index in [1.807, 2.05) is 0 Å². The van der Waals surface area contributed by atoms with Crippen LogP contribution in [0.15, 0.2) is 35.6 Å². The predicted octanol–water partition coefficient (Wildman–Crippen LogP) is 4.75. The zero-order chi connectivity index (χ0) is 19.7. The molecule has 0 unspecified atom stereocenters. The zero-order valence-electron chi connectivity index (χ0n) is 15.8. The molecule has 4 rings (SSSR count). The van der Waals surface area contributed by atoms with Crippen LogP contribution < -0.4 is 5.32 Å².